The average Bonchev–Trinajstić information content (AvgIpc) is 3.13. The van der Waals surface area contributed by atoms with E-state index in [9.17, 15) is 9.59 Å². The second kappa shape index (κ2) is 8.81. The van der Waals surface area contributed by atoms with E-state index in [0.29, 0.717) is 12.0 Å². The molecule has 138 valence electrons. The van der Waals surface area contributed by atoms with Crippen LogP contribution in [0.2, 0.25) is 0 Å². The first kappa shape index (κ1) is 19.9. The van der Waals surface area contributed by atoms with E-state index in [4.69, 9.17) is 4.74 Å². The number of rotatable bonds is 6. The van der Waals surface area contributed by atoms with Gasteiger partial charge in [-0.1, -0.05) is 45.0 Å². The number of benzene rings is 1. The van der Waals surface area contributed by atoms with Gasteiger partial charge in [-0.15, -0.1) is 11.3 Å². The molecule has 2 rings (SSSR count). The Morgan fingerprint density at radius 2 is 1.85 bits per heavy atom. The van der Waals surface area contributed by atoms with Crippen molar-refractivity contribution in [3.63, 3.8) is 0 Å². The van der Waals surface area contributed by atoms with Crippen molar-refractivity contribution < 1.29 is 14.3 Å². The van der Waals surface area contributed by atoms with Crippen LogP contribution in [0, 0.1) is 0 Å². The smallest absolute Gasteiger partial charge is 0.354 e. The molecule has 0 spiro atoms. The number of aryl methyl sites for hydroxylation is 1. The fraction of sp³-hybridized carbons (Fsp3) is 0.333. The summed E-state index contributed by atoms with van der Waals surface area (Å²) >= 11 is 1.67. The first-order chi connectivity index (χ1) is 12.3. The minimum absolute atomic E-state index is 0.0217. The van der Waals surface area contributed by atoms with Crippen molar-refractivity contribution in [2.75, 3.05) is 7.11 Å². The van der Waals surface area contributed by atoms with Gasteiger partial charge in [-0.25, -0.2) is 4.79 Å². The third kappa shape index (κ3) is 5.56. The van der Waals surface area contributed by atoms with E-state index >= 15 is 0 Å². The number of ether oxygens (including phenoxy) is 1. The Kier molecular flexibility index (Phi) is 6.75. The van der Waals surface area contributed by atoms with Crippen LogP contribution in [0.25, 0.3) is 0 Å². The second-order valence-corrected chi connectivity index (χ2v) is 8.04. The highest BCUT2D eigenvalue weighted by atomic mass is 32.1. The van der Waals surface area contributed by atoms with Gasteiger partial charge in [-0.2, -0.15) is 0 Å². The molecule has 1 N–H and O–H groups in total. The third-order valence-electron chi connectivity index (χ3n) is 3.99. The fourth-order valence-electron chi connectivity index (χ4n) is 2.43. The van der Waals surface area contributed by atoms with Crippen molar-refractivity contribution in [3.05, 3.63) is 69.6 Å². The lowest BCUT2D eigenvalue weighted by Gasteiger charge is -2.19. The molecule has 0 fully saturated rings. The van der Waals surface area contributed by atoms with Crippen LogP contribution in [0.15, 0.2) is 53.6 Å². The molecule has 1 aromatic carbocycles. The van der Waals surface area contributed by atoms with Crippen LogP contribution >= 0.6 is 11.3 Å². The van der Waals surface area contributed by atoms with Gasteiger partial charge >= 0.3 is 5.97 Å². The molecular weight excluding hydrogens is 346 g/mol. The summed E-state index contributed by atoms with van der Waals surface area (Å²) in [6.07, 6.45) is 3.18. The van der Waals surface area contributed by atoms with E-state index in [0.717, 1.165) is 12.0 Å². The van der Waals surface area contributed by atoms with Crippen LogP contribution < -0.4 is 5.32 Å². The molecule has 0 aliphatic heterocycles. The van der Waals surface area contributed by atoms with Crippen LogP contribution in [-0.4, -0.2) is 19.0 Å². The molecule has 1 aromatic heterocycles. The van der Waals surface area contributed by atoms with Gasteiger partial charge in [0.1, 0.15) is 5.70 Å². The number of methoxy groups -OCH3 is 1. The molecule has 2 aromatic rings. The summed E-state index contributed by atoms with van der Waals surface area (Å²) in [5, 5.41) is 4.69. The maximum absolute atomic E-state index is 12.5. The predicted octanol–water partition coefficient (Wildman–Crippen LogP) is 4.47. The van der Waals surface area contributed by atoms with Crippen LogP contribution in [-0.2, 0) is 21.4 Å². The molecule has 26 heavy (non-hydrogen) atoms. The highest BCUT2D eigenvalue weighted by Crippen LogP contribution is 2.22. The van der Waals surface area contributed by atoms with Crippen molar-refractivity contribution >= 4 is 23.2 Å². The van der Waals surface area contributed by atoms with E-state index in [1.54, 1.807) is 29.5 Å². The van der Waals surface area contributed by atoms with Gasteiger partial charge in [0.25, 0.3) is 5.91 Å². The Hall–Kier alpha value is -2.40. The fourth-order valence-corrected chi connectivity index (χ4v) is 3.15. The van der Waals surface area contributed by atoms with Gasteiger partial charge in [-0.3, -0.25) is 4.79 Å². The third-order valence-corrected chi connectivity index (χ3v) is 4.92. The molecule has 0 atom stereocenters. The topological polar surface area (TPSA) is 55.4 Å². The Balaban J connectivity index is 2.06. The lowest BCUT2D eigenvalue weighted by molar-refractivity contribution is -0.136. The molecular formula is C21H25NO3S. The van der Waals surface area contributed by atoms with Gasteiger partial charge in [0.2, 0.25) is 0 Å². The Morgan fingerprint density at radius 3 is 2.38 bits per heavy atom. The van der Waals surface area contributed by atoms with Gasteiger partial charge in [0, 0.05) is 10.4 Å². The standard InChI is InChI=1S/C21H25NO3S/c1-21(2,3)16-12-10-15(11-13-16)19(23)22-18(20(24)25-4)9-5-7-17-8-6-14-26-17/h6,8-14H,5,7H2,1-4H3,(H,22,23)/b18-9+. The van der Waals surface area contributed by atoms with E-state index in [1.165, 1.54) is 12.0 Å². The number of nitrogens with one attached hydrogen (secondary N) is 1. The Labute approximate surface area is 158 Å². The number of amides is 1. The summed E-state index contributed by atoms with van der Waals surface area (Å²) in [5.41, 5.74) is 1.85. The molecule has 0 bridgehead atoms. The first-order valence-corrected chi connectivity index (χ1v) is 9.42. The second-order valence-electron chi connectivity index (χ2n) is 7.01. The number of allylic oxidation sites excluding steroid dienone is 1. The van der Waals surface area contributed by atoms with Gasteiger partial charge in [0.05, 0.1) is 7.11 Å². The van der Waals surface area contributed by atoms with Gasteiger partial charge in [-0.05, 0) is 47.4 Å². The molecule has 1 heterocycles. The summed E-state index contributed by atoms with van der Waals surface area (Å²) < 4.78 is 4.78. The van der Waals surface area contributed by atoms with Gasteiger partial charge < -0.3 is 10.1 Å². The van der Waals surface area contributed by atoms with Crippen molar-refractivity contribution in [3.8, 4) is 0 Å². The van der Waals surface area contributed by atoms with Crippen molar-refractivity contribution in [1.82, 2.24) is 5.32 Å². The quantitative estimate of drug-likeness (QED) is 0.602. The minimum Gasteiger partial charge on any atom is -0.464 e. The number of hydrogen-bond acceptors (Lipinski definition) is 4. The van der Waals surface area contributed by atoms with Crippen LogP contribution in [0.3, 0.4) is 0 Å². The first-order valence-electron chi connectivity index (χ1n) is 8.54. The summed E-state index contributed by atoms with van der Waals surface area (Å²) in [4.78, 5) is 25.7. The molecule has 0 aliphatic rings. The van der Waals surface area contributed by atoms with Crippen LogP contribution in [0.1, 0.15) is 48.0 Å². The van der Waals surface area contributed by atoms with Crippen molar-refractivity contribution in [2.45, 2.75) is 39.0 Å². The number of esters is 1. The summed E-state index contributed by atoms with van der Waals surface area (Å²) in [5.74, 6) is -0.867. The van der Waals surface area contributed by atoms with E-state index in [2.05, 4.69) is 26.1 Å². The molecule has 0 unspecified atom stereocenters. The SMILES string of the molecule is COC(=O)/C(=C\CCc1cccs1)NC(=O)c1ccc(C(C)(C)C)cc1. The maximum Gasteiger partial charge on any atom is 0.354 e. The van der Waals surface area contributed by atoms with Crippen molar-refractivity contribution in [1.29, 1.82) is 0 Å². The summed E-state index contributed by atoms with van der Waals surface area (Å²) in [6.45, 7) is 6.36. The zero-order valence-electron chi connectivity index (χ0n) is 15.7. The lowest BCUT2D eigenvalue weighted by Crippen LogP contribution is -2.28. The van der Waals surface area contributed by atoms with Crippen molar-refractivity contribution in [2.24, 2.45) is 0 Å². The van der Waals surface area contributed by atoms with E-state index < -0.39 is 5.97 Å². The van der Waals surface area contributed by atoms with Crippen LogP contribution in [0.4, 0.5) is 0 Å². The predicted molar refractivity (Wildman–Crippen MR) is 105 cm³/mol. The number of hydrogen-bond donors (Lipinski definition) is 1. The average molecular weight is 372 g/mol. The normalized spacial score (nSPS) is 11.9. The number of thiophene rings is 1. The highest BCUT2D eigenvalue weighted by Gasteiger charge is 2.17. The zero-order chi connectivity index (χ0) is 19.2. The minimum atomic E-state index is -0.546. The molecule has 0 radical (unpaired) electrons. The van der Waals surface area contributed by atoms with Gasteiger partial charge in [0.15, 0.2) is 0 Å². The number of carbonyl (C=O) groups excluding carboxylic acids is 2. The molecule has 1 amide bonds. The molecule has 0 saturated heterocycles. The summed E-state index contributed by atoms with van der Waals surface area (Å²) in [6, 6.07) is 11.5. The van der Waals surface area contributed by atoms with Crippen LogP contribution in [0.5, 0.6) is 0 Å². The Morgan fingerprint density at radius 1 is 1.15 bits per heavy atom. The molecule has 0 saturated carbocycles. The lowest BCUT2D eigenvalue weighted by atomic mass is 9.87. The highest BCUT2D eigenvalue weighted by molar-refractivity contribution is 7.09. The largest absolute Gasteiger partial charge is 0.464 e. The van der Waals surface area contributed by atoms with E-state index in [1.807, 2.05) is 29.6 Å². The Bertz CT molecular complexity index is 769. The summed E-state index contributed by atoms with van der Waals surface area (Å²) in [7, 11) is 1.31. The zero-order valence-corrected chi connectivity index (χ0v) is 16.5. The molecule has 5 heteroatoms. The molecule has 0 aliphatic carbocycles. The number of carbonyl (C=O) groups is 2. The molecule has 4 nitrogen and oxygen atoms in total. The monoisotopic (exact) mass is 371 g/mol. The van der Waals surface area contributed by atoms with E-state index in [-0.39, 0.29) is 17.0 Å². The maximum atomic E-state index is 12.5.